The topological polar surface area (TPSA) is 104 Å². The zero-order valence-corrected chi connectivity index (χ0v) is 8.45. The fourth-order valence-corrected chi connectivity index (χ4v) is 1.27. The summed E-state index contributed by atoms with van der Waals surface area (Å²) >= 11 is 0. The Hall–Kier alpha value is -2.12. The van der Waals surface area contributed by atoms with E-state index in [0.717, 1.165) is 18.5 Å². The van der Waals surface area contributed by atoms with E-state index in [4.69, 9.17) is 10.5 Å². The maximum atomic E-state index is 10.8. The van der Waals surface area contributed by atoms with Crippen LogP contribution in [-0.4, -0.2) is 19.7 Å². The van der Waals surface area contributed by atoms with Gasteiger partial charge in [0, 0.05) is 12.3 Å². The van der Waals surface area contributed by atoms with Crippen molar-refractivity contribution in [3.63, 3.8) is 0 Å². The monoisotopic (exact) mass is 223 g/mol. The molecule has 6 nitrogen and oxygen atoms in total. The van der Waals surface area contributed by atoms with E-state index in [1.54, 1.807) is 12.1 Å². The summed E-state index contributed by atoms with van der Waals surface area (Å²) in [6.07, 6.45) is 2.00. The Morgan fingerprint density at radius 2 is 2.07 bits per heavy atom. The van der Waals surface area contributed by atoms with Gasteiger partial charge in [0.25, 0.3) is 0 Å². The minimum absolute atomic E-state index is 0.118. The van der Waals surface area contributed by atoms with Gasteiger partial charge in [-0.3, -0.25) is 0 Å². The largest absolute Gasteiger partial charge is 0.379 e. The second-order valence-electron chi connectivity index (χ2n) is 2.58. The highest BCUT2D eigenvalue weighted by molar-refractivity contribution is 7.86. The molecule has 0 spiro atoms. The van der Waals surface area contributed by atoms with Gasteiger partial charge in [-0.25, -0.2) is 4.98 Å². The van der Waals surface area contributed by atoms with E-state index in [0.29, 0.717) is 0 Å². The molecule has 0 saturated carbocycles. The van der Waals surface area contributed by atoms with Crippen LogP contribution >= 0.6 is 0 Å². The van der Waals surface area contributed by atoms with Crippen molar-refractivity contribution in [3.8, 4) is 17.9 Å². The van der Waals surface area contributed by atoms with Gasteiger partial charge in [0.1, 0.15) is 12.1 Å². The minimum Gasteiger partial charge on any atom is -0.379 e. The van der Waals surface area contributed by atoms with E-state index in [1.165, 1.54) is 0 Å². The highest BCUT2D eigenvalue weighted by Crippen LogP contribution is 2.18. The van der Waals surface area contributed by atoms with Gasteiger partial charge in [0.15, 0.2) is 11.4 Å². The fourth-order valence-electron chi connectivity index (χ4n) is 0.816. The third-order valence-electron chi connectivity index (χ3n) is 1.33. The molecule has 0 unspecified atom stereocenters. The molecule has 0 aromatic carbocycles. The SMILES string of the molecule is CS(=O)(=O)Oc1cc(C#N)cnc1C#N. The predicted molar refractivity (Wildman–Crippen MR) is 49.1 cm³/mol. The molecule has 15 heavy (non-hydrogen) atoms. The van der Waals surface area contributed by atoms with Gasteiger partial charge in [0.05, 0.1) is 11.8 Å². The lowest BCUT2D eigenvalue weighted by Gasteiger charge is -2.03. The van der Waals surface area contributed by atoms with Gasteiger partial charge in [-0.1, -0.05) is 0 Å². The van der Waals surface area contributed by atoms with Crippen LogP contribution in [-0.2, 0) is 10.1 Å². The lowest BCUT2D eigenvalue weighted by molar-refractivity contribution is 0.490. The zero-order valence-electron chi connectivity index (χ0n) is 7.63. The first-order chi connectivity index (χ1) is 6.96. The summed E-state index contributed by atoms with van der Waals surface area (Å²) in [4.78, 5) is 3.58. The summed E-state index contributed by atoms with van der Waals surface area (Å²) in [6, 6.07) is 4.56. The van der Waals surface area contributed by atoms with Crippen LogP contribution in [0.2, 0.25) is 0 Å². The Bertz CT molecular complexity index is 566. The van der Waals surface area contributed by atoms with Crippen molar-refractivity contribution in [1.29, 1.82) is 10.5 Å². The van der Waals surface area contributed by atoms with Crippen LogP contribution in [0.5, 0.6) is 5.75 Å². The molecule has 1 rings (SSSR count). The van der Waals surface area contributed by atoms with Crippen LogP contribution in [0.3, 0.4) is 0 Å². The normalized spacial score (nSPS) is 10.1. The molecule has 1 aromatic heterocycles. The summed E-state index contributed by atoms with van der Waals surface area (Å²) in [6.45, 7) is 0. The number of rotatable bonds is 2. The predicted octanol–water partition coefficient (Wildman–Crippen LogP) is 0.163. The first kappa shape index (κ1) is 11.0. The molecule has 0 aliphatic rings. The number of pyridine rings is 1. The molecule has 0 aliphatic heterocycles. The van der Waals surface area contributed by atoms with Gasteiger partial charge in [-0.2, -0.15) is 18.9 Å². The molecule has 0 bridgehead atoms. The number of aromatic nitrogens is 1. The maximum absolute atomic E-state index is 10.8. The highest BCUT2D eigenvalue weighted by Gasteiger charge is 2.11. The average molecular weight is 223 g/mol. The van der Waals surface area contributed by atoms with Crippen LogP contribution in [0.1, 0.15) is 11.3 Å². The first-order valence-corrected chi connectivity index (χ1v) is 5.47. The standard InChI is InChI=1S/C8H5N3O3S/c1-15(12,13)14-8-2-6(3-9)5-11-7(8)4-10/h2,5H,1H3. The molecule has 0 aliphatic carbocycles. The van der Waals surface area contributed by atoms with Crippen LogP contribution in [0, 0.1) is 22.7 Å². The zero-order chi connectivity index (χ0) is 11.5. The molecular weight excluding hydrogens is 218 g/mol. The Morgan fingerprint density at radius 3 is 2.53 bits per heavy atom. The molecule has 1 heterocycles. The molecule has 0 atom stereocenters. The van der Waals surface area contributed by atoms with E-state index < -0.39 is 10.1 Å². The van der Waals surface area contributed by atoms with Crippen molar-refractivity contribution in [2.45, 2.75) is 0 Å². The molecule has 0 fully saturated rings. The van der Waals surface area contributed by atoms with E-state index in [1.807, 2.05) is 0 Å². The Balaban J connectivity index is 3.27. The summed E-state index contributed by atoms with van der Waals surface area (Å²) in [5.74, 6) is -0.237. The quantitative estimate of drug-likeness (QED) is 0.661. The molecule has 0 saturated heterocycles. The maximum Gasteiger partial charge on any atom is 0.306 e. The number of nitrogens with zero attached hydrogens (tertiary/aromatic N) is 3. The van der Waals surface area contributed by atoms with Gasteiger partial charge in [0.2, 0.25) is 0 Å². The second kappa shape index (κ2) is 3.95. The lowest BCUT2D eigenvalue weighted by atomic mass is 10.2. The van der Waals surface area contributed by atoms with Gasteiger partial charge in [-0.05, 0) is 0 Å². The van der Waals surface area contributed by atoms with Crippen molar-refractivity contribution in [2.75, 3.05) is 6.26 Å². The highest BCUT2D eigenvalue weighted by atomic mass is 32.2. The molecule has 0 amide bonds. The summed E-state index contributed by atoms with van der Waals surface area (Å²) < 4.78 is 26.2. The first-order valence-electron chi connectivity index (χ1n) is 3.66. The summed E-state index contributed by atoms with van der Waals surface area (Å²) in [5, 5.41) is 17.2. The summed E-state index contributed by atoms with van der Waals surface area (Å²) in [5.41, 5.74) is -0.0629. The van der Waals surface area contributed by atoms with Crippen molar-refractivity contribution in [2.24, 2.45) is 0 Å². The third-order valence-corrected chi connectivity index (χ3v) is 1.81. The Labute approximate surface area is 86.5 Å². The van der Waals surface area contributed by atoms with Crippen LogP contribution < -0.4 is 4.18 Å². The van der Waals surface area contributed by atoms with Gasteiger partial charge >= 0.3 is 10.1 Å². The molecular formula is C8H5N3O3S. The fraction of sp³-hybridized carbons (Fsp3) is 0.125. The second-order valence-corrected chi connectivity index (χ2v) is 4.16. The molecule has 76 valence electrons. The smallest absolute Gasteiger partial charge is 0.306 e. The van der Waals surface area contributed by atoms with Crippen molar-refractivity contribution in [1.82, 2.24) is 4.98 Å². The Kier molecular flexibility index (Phi) is 2.88. The average Bonchev–Trinajstić information content (AvgIpc) is 2.15. The minimum atomic E-state index is -3.74. The van der Waals surface area contributed by atoms with Crippen molar-refractivity contribution in [3.05, 3.63) is 23.5 Å². The van der Waals surface area contributed by atoms with E-state index in [-0.39, 0.29) is 17.0 Å². The van der Waals surface area contributed by atoms with E-state index >= 15 is 0 Å². The van der Waals surface area contributed by atoms with Crippen LogP contribution in [0.4, 0.5) is 0 Å². The number of nitriles is 2. The molecule has 7 heteroatoms. The van der Waals surface area contributed by atoms with Crippen molar-refractivity contribution >= 4 is 10.1 Å². The number of hydrogen-bond acceptors (Lipinski definition) is 6. The summed E-state index contributed by atoms with van der Waals surface area (Å²) in [7, 11) is -3.74. The van der Waals surface area contributed by atoms with Gasteiger partial charge in [-0.15, -0.1) is 0 Å². The van der Waals surface area contributed by atoms with Crippen LogP contribution in [0.25, 0.3) is 0 Å². The van der Waals surface area contributed by atoms with E-state index in [9.17, 15) is 8.42 Å². The molecule has 0 N–H and O–H groups in total. The number of hydrogen-bond donors (Lipinski definition) is 0. The lowest BCUT2D eigenvalue weighted by Crippen LogP contribution is -2.07. The molecule has 1 aromatic rings. The van der Waals surface area contributed by atoms with Crippen LogP contribution in [0.15, 0.2) is 12.3 Å². The molecule has 0 radical (unpaired) electrons. The van der Waals surface area contributed by atoms with Gasteiger partial charge < -0.3 is 4.18 Å². The van der Waals surface area contributed by atoms with E-state index in [2.05, 4.69) is 9.17 Å². The van der Waals surface area contributed by atoms with Crippen molar-refractivity contribution < 1.29 is 12.6 Å². The Morgan fingerprint density at radius 1 is 1.40 bits per heavy atom. The third kappa shape index (κ3) is 2.93.